The standard InChI is InChI=1S/C21H32N4O/c1-7-16-17(14(3)4)10-9-11-18(16)20(24-8-2)12-21(23)25-13-19(22)15(5)26-6/h9-13,15,24H,3,7-8,22H2,1-2,4-6H3,(H2,23,25)/b19-13-,20-12-/t15-/m1/s1. The Kier molecular flexibility index (Phi) is 8.65. The first-order chi connectivity index (χ1) is 12.3. The molecule has 0 bridgehead atoms. The summed E-state index contributed by atoms with van der Waals surface area (Å²) in [6.07, 6.45) is 4.06. The molecule has 1 rings (SSSR count). The summed E-state index contributed by atoms with van der Waals surface area (Å²) >= 11 is 0. The zero-order chi connectivity index (χ0) is 19.7. The number of allylic oxidation sites excluding steroid dienone is 1. The quantitative estimate of drug-likeness (QED) is 0.402. The van der Waals surface area contributed by atoms with Crippen molar-refractivity contribution in [2.24, 2.45) is 5.73 Å². The monoisotopic (exact) mass is 356 g/mol. The molecule has 0 heterocycles. The first-order valence-corrected chi connectivity index (χ1v) is 8.92. The average Bonchev–Trinajstić information content (AvgIpc) is 2.64. The summed E-state index contributed by atoms with van der Waals surface area (Å²) < 4.78 is 5.16. The van der Waals surface area contributed by atoms with Crippen molar-refractivity contribution < 1.29 is 4.74 Å². The lowest BCUT2D eigenvalue weighted by molar-refractivity contribution is 0.145. The second-order valence-corrected chi connectivity index (χ2v) is 6.13. The molecule has 0 saturated heterocycles. The van der Waals surface area contributed by atoms with Crippen molar-refractivity contribution in [2.75, 3.05) is 13.7 Å². The molecule has 0 unspecified atom stereocenters. The number of hydrogen-bond donors (Lipinski definition) is 4. The summed E-state index contributed by atoms with van der Waals surface area (Å²) in [5.74, 6) is 0.245. The summed E-state index contributed by atoms with van der Waals surface area (Å²) in [5, 5.41) is 14.5. The van der Waals surface area contributed by atoms with E-state index in [1.807, 2.05) is 26.8 Å². The predicted octanol–water partition coefficient (Wildman–Crippen LogP) is 3.63. The van der Waals surface area contributed by atoms with E-state index in [9.17, 15) is 0 Å². The molecule has 0 amide bonds. The van der Waals surface area contributed by atoms with E-state index in [0.717, 1.165) is 35.4 Å². The topological polar surface area (TPSA) is 83.2 Å². The second kappa shape index (κ2) is 10.5. The fraction of sp³-hybridized carbons (Fsp3) is 0.381. The molecule has 1 aromatic rings. The minimum atomic E-state index is -0.202. The van der Waals surface area contributed by atoms with Gasteiger partial charge in [0.25, 0.3) is 0 Å². The van der Waals surface area contributed by atoms with E-state index in [0.29, 0.717) is 5.70 Å². The molecule has 1 atom stereocenters. The Morgan fingerprint density at radius 3 is 2.54 bits per heavy atom. The van der Waals surface area contributed by atoms with Gasteiger partial charge in [-0.25, -0.2) is 0 Å². The molecule has 0 aromatic heterocycles. The molecule has 5 nitrogen and oxygen atoms in total. The van der Waals surface area contributed by atoms with Gasteiger partial charge in [0.05, 0.1) is 11.8 Å². The zero-order valence-corrected chi connectivity index (χ0v) is 16.6. The first-order valence-electron chi connectivity index (χ1n) is 8.92. The van der Waals surface area contributed by atoms with Gasteiger partial charge < -0.3 is 21.1 Å². The van der Waals surface area contributed by atoms with Gasteiger partial charge in [-0.15, -0.1) is 0 Å². The summed E-state index contributed by atoms with van der Waals surface area (Å²) in [6.45, 7) is 12.9. The lowest BCUT2D eigenvalue weighted by Gasteiger charge is -2.17. The van der Waals surface area contributed by atoms with Crippen LogP contribution in [-0.2, 0) is 11.2 Å². The minimum absolute atomic E-state index is 0.202. The van der Waals surface area contributed by atoms with Crippen LogP contribution in [0.1, 0.15) is 44.4 Å². The number of nitrogens with one attached hydrogen (secondary N) is 3. The van der Waals surface area contributed by atoms with E-state index in [-0.39, 0.29) is 11.9 Å². The van der Waals surface area contributed by atoms with E-state index in [1.165, 1.54) is 5.56 Å². The van der Waals surface area contributed by atoms with Crippen LogP contribution in [0.5, 0.6) is 0 Å². The summed E-state index contributed by atoms with van der Waals surface area (Å²) in [6, 6.07) is 6.19. The molecule has 142 valence electrons. The highest BCUT2D eigenvalue weighted by atomic mass is 16.5. The van der Waals surface area contributed by atoms with Gasteiger partial charge in [0.15, 0.2) is 0 Å². The molecule has 1 aromatic carbocycles. The number of hydrogen-bond acceptors (Lipinski definition) is 4. The number of rotatable bonds is 9. The molecule has 5 N–H and O–H groups in total. The predicted molar refractivity (Wildman–Crippen MR) is 112 cm³/mol. The number of amidine groups is 1. The van der Waals surface area contributed by atoms with Gasteiger partial charge in [-0.3, -0.25) is 5.41 Å². The van der Waals surface area contributed by atoms with Crippen LogP contribution < -0.4 is 16.4 Å². The molecule has 0 fully saturated rings. The fourth-order valence-electron chi connectivity index (χ4n) is 2.63. The number of nitrogens with two attached hydrogens (primary N) is 1. The number of benzene rings is 1. The van der Waals surface area contributed by atoms with Crippen LogP contribution in [0.3, 0.4) is 0 Å². The Morgan fingerprint density at radius 2 is 2.00 bits per heavy atom. The van der Waals surface area contributed by atoms with Gasteiger partial charge in [-0.2, -0.15) is 0 Å². The lowest BCUT2D eigenvalue weighted by atomic mass is 9.93. The average molecular weight is 357 g/mol. The lowest BCUT2D eigenvalue weighted by Crippen LogP contribution is -2.23. The Bertz CT molecular complexity index is 704. The molecular weight excluding hydrogens is 324 g/mol. The summed E-state index contributed by atoms with van der Waals surface area (Å²) in [7, 11) is 1.60. The maximum Gasteiger partial charge on any atom is 0.124 e. The molecule has 5 heteroatoms. The Balaban J connectivity index is 3.20. The van der Waals surface area contributed by atoms with Gasteiger partial charge >= 0.3 is 0 Å². The van der Waals surface area contributed by atoms with Crippen LogP contribution in [0.4, 0.5) is 0 Å². The van der Waals surface area contributed by atoms with Gasteiger partial charge in [0.1, 0.15) is 5.84 Å². The third-order valence-corrected chi connectivity index (χ3v) is 4.15. The van der Waals surface area contributed by atoms with Crippen LogP contribution in [0.2, 0.25) is 0 Å². The molecular formula is C21H32N4O. The van der Waals surface area contributed by atoms with Crippen LogP contribution in [0.15, 0.2) is 42.8 Å². The highest BCUT2D eigenvalue weighted by molar-refractivity contribution is 5.98. The van der Waals surface area contributed by atoms with Crippen LogP contribution in [0.25, 0.3) is 11.3 Å². The van der Waals surface area contributed by atoms with E-state index < -0.39 is 0 Å². The first kappa shape index (κ1) is 21.5. The summed E-state index contributed by atoms with van der Waals surface area (Å²) in [5.41, 5.74) is 11.9. The maximum absolute atomic E-state index is 8.22. The van der Waals surface area contributed by atoms with Crippen LogP contribution in [-0.4, -0.2) is 25.6 Å². The highest BCUT2D eigenvalue weighted by Gasteiger charge is 2.11. The fourth-order valence-corrected chi connectivity index (χ4v) is 2.63. The van der Waals surface area contributed by atoms with Gasteiger partial charge in [0, 0.05) is 37.2 Å². The number of ether oxygens (including phenoxy) is 1. The van der Waals surface area contributed by atoms with Crippen molar-refractivity contribution in [1.82, 2.24) is 10.6 Å². The molecule has 0 aliphatic rings. The van der Waals surface area contributed by atoms with Crippen molar-refractivity contribution in [3.63, 3.8) is 0 Å². The molecule has 26 heavy (non-hydrogen) atoms. The largest absolute Gasteiger partial charge is 0.399 e. The minimum Gasteiger partial charge on any atom is -0.399 e. The van der Waals surface area contributed by atoms with Crippen molar-refractivity contribution >= 4 is 17.1 Å². The third-order valence-electron chi connectivity index (χ3n) is 4.15. The summed E-state index contributed by atoms with van der Waals surface area (Å²) in [4.78, 5) is 0. The zero-order valence-electron chi connectivity index (χ0n) is 16.6. The molecule has 0 aliphatic carbocycles. The normalized spacial score (nSPS) is 13.3. The second-order valence-electron chi connectivity index (χ2n) is 6.13. The van der Waals surface area contributed by atoms with Crippen LogP contribution >= 0.6 is 0 Å². The van der Waals surface area contributed by atoms with Crippen molar-refractivity contribution in [1.29, 1.82) is 5.41 Å². The smallest absolute Gasteiger partial charge is 0.124 e. The third kappa shape index (κ3) is 5.77. The Morgan fingerprint density at radius 1 is 1.35 bits per heavy atom. The molecule has 0 spiro atoms. The van der Waals surface area contributed by atoms with E-state index in [4.69, 9.17) is 15.9 Å². The SMILES string of the molecule is C=C(C)c1cccc(/C(=C/C(=N)N/C=C(\N)[C@@H](C)OC)NCC)c1CC. The molecule has 0 saturated carbocycles. The van der Waals surface area contributed by atoms with Crippen LogP contribution in [0, 0.1) is 5.41 Å². The maximum atomic E-state index is 8.22. The molecule has 0 radical (unpaired) electrons. The molecule has 0 aliphatic heterocycles. The van der Waals surface area contributed by atoms with E-state index in [2.05, 4.69) is 36.3 Å². The van der Waals surface area contributed by atoms with Crippen molar-refractivity contribution in [3.05, 3.63) is 59.4 Å². The Hall–Kier alpha value is -2.53. The Labute approximate surface area is 157 Å². The van der Waals surface area contributed by atoms with Crippen molar-refractivity contribution in [3.8, 4) is 0 Å². The van der Waals surface area contributed by atoms with Crippen molar-refractivity contribution in [2.45, 2.75) is 40.2 Å². The van der Waals surface area contributed by atoms with E-state index >= 15 is 0 Å². The van der Waals surface area contributed by atoms with Gasteiger partial charge in [-0.1, -0.05) is 37.3 Å². The van der Waals surface area contributed by atoms with E-state index in [1.54, 1.807) is 19.4 Å². The van der Waals surface area contributed by atoms with Gasteiger partial charge in [0.2, 0.25) is 0 Å². The van der Waals surface area contributed by atoms with Gasteiger partial charge in [-0.05, 0) is 38.3 Å². The number of methoxy groups -OCH3 is 1. The highest BCUT2D eigenvalue weighted by Crippen LogP contribution is 2.26.